The van der Waals surface area contributed by atoms with Crippen LogP contribution in [0.3, 0.4) is 0 Å². The van der Waals surface area contributed by atoms with Gasteiger partial charge in [-0.2, -0.15) is 0 Å². The predicted molar refractivity (Wildman–Crippen MR) is 130 cm³/mol. The Hall–Kier alpha value is -2.61. The van der Waals surface area contributed by atoms with Gasteiger partial charge in [0.1, 0.15) is 11.7 Å². The van der Waals surface area contributed by atoms with Crippen LogP contribution in [0.5, 0.6) is 0 Å². The summed E-state index contributed by atoms with van der Waals surface area (Å²) >= 11 is 12.5. The van der Waals surface area contributed by atoms with E-state index in [1.165, 1.54) is 12.1 Å². The first kappa shape index (κ1) is 23.1. The van der Waals surface area contributed by atoms with E-state index < -0.39 is 0 Å². The lowest BCUT2D eigenvalue weighted by Crippen LogP contribution is -2.51. The molecule has 0 radical (unpaired) electrons. The predicted octanol–water partition coefficient (Wildman–Crippen LogP) is 6.00. The molecule has 0 aliphatic carbocycles. The number of hydrogen-bond acceptors (Lipinski definition) is 4. The highest BCUT2D eigenvalue weighted by molar-refractivity contribution is 6.42. The monoisotopic (exact) mass is 502 g/mol. The molecule has 9 heteroatoms. The minimum absolute atomic E-state index is 0.0781. The fourth-order valence-corrected chi connectivity index (χ4v) is 5.27. The first-order valence-electron chi connectivity index (χ1n) is 11.3. The smallest absolute Gasteiger partial charge is 0.339 e. The molecule has 2 fully saturated rings. The Labute approximate surface area is 208 Å². The van der Waals surface area contributed by atoms with Crippen LogP contribution in [-0.4, -0.2) is 53.6 Å². The molecule has 2 amide bonds. The third-order valence-electron chi connectivity index (χ3n) is 6.51. The molecule has 0 N–H and O–H groups in total. The molecule has 2 unspecified atom stereocenters. The lowest BCUT2D eigenvalue weighted by atomic mass is 10.0. The minimum Gasteiger partial charge on any atom is -0.378 e. The summed E-state index contributed by atoms with van der Waals surface area (Å²) in [5.74, 6) is 0.535. The van der Waals surface area contributed by atoms with Crippen molar-refractivity contribution < 1.29 is 13.9 Å². The van der Waals surface area contributed by atoms with Gasteiger partial charge < -0.3 is 9.64 Å². The fraction of sp³-hybridized carbons (Fsp3) is 0.360. The SMILES string of the molecule is COCC1=CC(c2ccc(Cl)c(Cl)c2)N2C(=N1)CCN2C(=O)N1CCCC1c1ccc(F)cc1. The second-order valence-corrected chi connectivity index (χ2v) is 9.46. The van der Waals surface area contributed by atoms with Gasteiger partial charge in [-0.1, -0.05) is 41.4 Å². The second-order valence-electron chi connectivity index (χ2n) is 8.64. The number of benzene rings is 2. The number of rotatable bonds is 4. The Kier molecular flexibility index (Phi) is 6.51. The molecule has 6 nitrogen and oxygen atoms in total. The zero-order valence-corrected chi connectivity index (χ0v) is 20.3. The van der Waals surface area contributed by atoms with Gasteiger partial charge in [0.05, 0.1) is 41.0 Å². The van der Waals surface area contributed by atoms with E-state index in [4.69, 9.17) is 32.9 Å². The maximum Gasteiger partial charge on any atom is 0.339 e. The van der Waals surface area contributed by atoms with E-state index in [2.05, 4.69) is 0 Å². The summed E-state index contributed by atoms with van der Waals surface area (Å²) in [6.07, 6.45) is 4.39. The van der Waals surface area contributed by atoms with E-state index in [1.807, 2.05) is 28.1 Å². The van der Waals surface area contributed by atoms with Crippen molar-refractivity contribution in [3.05, 3.63) is 81.2 Å². The highest BCUT2D eigenvalue weighted by Crippen LogP contribution is 2.39. The molecular weight excluding hydrogens is 478 g/mol. The fourth-order valence-electron chi connectivity index (χ4n) is 4.97. The number of hydrogen-bond donors (Lipinski definition) is 0. The van der Waals surface area contributed by atoms with Crippen LogP contribution in [0.4, 0.5) is 9.18 Å². The van der Waals surface area contributed by atoms with Crippen LogP contribution < -0.4 is 0 Å². The maximum absolute atomic E-state index is 13.8. The van der Waals surface area contributed by atoms with E-state index in [9.17, 15) is 9.18 Å². The molecule has 178 valence electrons. The Morgan fingerprint density at radius 2 is 1.88 bits per heavy atom. The number of methoxy groups -OCH3 is 1. The number of aliphatic imine (C=N–C) groups is 1. The summed E-state index contributed by atoms with van der Waals surface area (Å²) < 4.78 is 18.8. The highest BCUT2D eigenvalue weighted by atomic mass is 35.5. The van der Waals surface area contributed by atoms with Crippen molar-refractivity contribution in [2.45, 2.75) is 31.3 Å². The Balaban J connectivity index is 1.46. The average Bonchev–Trinajstić information content (AvgIpc) is 3.48. The average molecular weight is 503 g/mol. The summed E-state index contributed by atoms with van der Waals surface area (Å²) in [5, 5.41) is 4.66. The summed E-state index contributed by atoms with van der Waals surface area (Å²) in [6, 6.07) is 11.5. The van der Waals surface area contributed by atoms with Gasteiger partial charge in [-0.25, -0.2) is 19.2 Å². The van der Waals surface area contributed by atoms with Crippen molar-refractivity contribution in [2.24, 2.45) is 4.99 Å². The van der Waals surface area contributed by atoms with Crippen molar-refractivity contribution in [1.82, 2.24) is 14.9 Å². The Morgan fingerprint density at radius 1 is 1.12 bits per heavy atom. The van der Waals surface area contributed by atoms with E-state index in [0.29, 0.717) is 36.2 Å². The van der Waals surface area contributed by atoms with Gasteiger partial charge in [0.15, 0.2) is 0 Å². The number of urea groups is 1. The van der Waals surface area contributed by atoms with Gasteiger partial charge in [0, 0.05) is 20.1 Å². The number of amidine groups is 1. The molecule has 0 bridgehead atoms. The molecule has 34 heavy (non-hydrogen) atoms. The van der Waals surface area contributed by atoms with Crippen molar-refractivity contribution >= 4 is 35.1 Å². The molecule has 0 aromatic heterocycles. The summed E-state index contributed by atoms with van der Waals surface area (Å²) in [7, 11) is 1.63. The molecule has 3 aliphatic heterocycles. The molecule has 2 saturated heterocycles. The van der Waals surface area contributed by atoms with Crippen LogP contribution in [0.1, 0.15) is 42.5 Å². The molecular formula is C25H25Cl2FN4O2. The standard InChI is InChI=1S/C25H25Cl2FN4O2/c1-34-15-19-14-23(17-6-9-20(26)21(27)13-17)32-24(29-19)10-12-31(32)25(33)30-11-2-3-22(30)16-4-7-18(28)8-5-16/h4-9,13-14,22-23H,2-3,10-12,15H2,1H3. The van der Waals surface area contributed by atoms with Crippen molar-refractivity contribution in [1.29, 1.82) is 0 Å². The van der Waals surface area contributed by atoms with E-state index in [0.717, 1.165) is 35.5 Å². The first-order valence-corrected chi connectivity index (χ1v) is 12.1. The molecule has 2 aromatic rings. The third kappa shape index (κ3) is 4.28. The van der Waals surface area contributed by atoms with E-state index in [1.54, 1.807) is 30.3 Å². The maximum atomic E-state index is 13.8. The van der Waals surface area contributed by atoms with Crippen LogP contribution in [0.15, 0.2) is 59.2 Å². The van der Waals surface area contributed by atoms with Crippen molar-refractivity contribution in [3.8, 4) is 0 Å². The van der Waals surface area contributed by atoms with E-state index in [-0.39, 0.29) is 23.9 Å². The molecule has 5 rings (SSSR count). The lowest BCUT2D eigenvalue weighted by molar-refractivity contribution is 0.0537. The van der Waals surface area contributed by atoms with Crippen LogP contribution in [0, 0.1) is 5.82 Å². The quantitative estimate of drug-likeness (QED) is 0.515. The number of amides is 2. The number of ether oxygens (including phenoxy) is 1. The summed E-state index contributed by atoms with van der Waals surface area (Å²) in [4.78, 5) is 20.5. The number of nitrogens with zero attached hydrogens (tertiary/aromatic N) is 4. The third-order valence-corrected chi connectivity index (χ3v) is 7.25. The van der Waals surface area contributed by atoms with Crippen LogP contribution >= 0.6 is 23.2 Å². The van der Waals surface area contributed by atoms with Gasteiger partial charge in [-0.3, -0.25) is 5.01 Å². The van der Waals surface area contributed by atoms with E-state index >= 15 is 0 Å². The van der Waals surface area contributed by atoms with Gasteiger partial charge in [-0.15, -0.1) is 0 Å². The Bertz CT molecular complexity index is 1150. The largest absolute Gasteiger partial charge is 0.378 e. The number of fused-ring (bicyclic) bond motifs is 1. The van der Waals surface area contributed by atoms with Gasteiger partial charge >= 0.3 is 6.03 Å². The van der Waals surface area contributed by atoms with Gasteiger partial charge in [0.25, 0.3) is 0 Å². The molecule has 3 heterocycles. The molecule has 0 saturated carbocycles. The van der Waals surface area contributed by atoms with Crippen molar-refractivity contribution in [3.63, 3.8) is 0 Å². The van der Waals surface area contributed by atoms with Crippen LogP contribution in [0.25, 0.3) is 0 Å². The molecule has 2 aromatic carbocycles. The zero-order chi connectivity index (χ0) is 23.8. The van der Waals surface area contributed by atoms with Crippen LogP contribution in [-0.2, 0) is 4.74 Å². The summed E-state index contributed by atoms with van der Waals surface area (Å²) in [5.41, 5.74) is 2.67. The normalized spacial score (nSPS) is 22.1. The van der Waals surface area contributed by atoms with Crippen LogP contribution in [0.2, 0.25) is 10.0 Å². The number of carbonyl (C=O) groups excluding carboxylic acids is 1. The Morgan fingerprint density at radius 3 is 2.62 bits per heavy atom. The zero-order valence-electron chi connectivity index (χ0n) is 18.8. The minimum atomic E-state index is -0.281. The molecule has 0 spiro atoms. The number of hydrazine groups is 1. The topological polar surface area (TPSA) is 48.4 Å². The number of likely N-dealkylation sites (tertiary alicyclic amines) is 1. The first-order chi connectivity index (χ1) is 16.5. The highest BCUT2D eigenvalue weighted by Gasteiger charge is 2.42. The molecule has 3 aliphatic rings. The van der Waals surface area contributed by atoms with Crippen molar-refractivity contribution in [2.75, 3.05) is 26.8 Å². The summed E-state index contributed by atoms with van der Waals surface area (Å²) in [6.45, 7) is 1.55. The van der Waals surface area contributed by atoms with Gasteiger partial charge in [0.2, 0.25) is 0 Å². The lowest BCUT2D eigenvalue weighted by Gasteiger charge is -2.40. The second kappa shape index (κ2) is 9.56. The number of halogens is 3. The molecule has 2 atom stereocenters. The number of carbonyl (C=O) groups is 1. The van der Waals surface area contributed by atoms with Gasteiger partial charge in [-0.05, 0) is 54.3 Å².